The SMILES string of the molecule is CC.CCCCC(CCCC)OC(=O)C(CCCCNC(=O)OC(C)(C)C)NC(=O)C(Cc1ccccc1)NC(=O)CNC(=O)OCC1c2ccccc2-c2ccccc21.CCc1cc(C)ccc1O. The molecule has 5 rings (SSSR count). The van der Waals surface area contributed by atoms with Crippen LogP contribution >= 0.6 is 0 Å². The molecule has 1 aliphatic rings. The Bertz CT molecular complexity index is 2170. The van der Waals surface area contributed by atoms with Crippen LogP contribution in [0.3, 0.4) is 0 Å². The molecular formula is C57H80N4O9. The maximum atomic E-state index is 14.0. The minimum Gasteiger partial charge on any atom is -0.508 e. The monoisotopic (exact) mass is 965 g/mol. The number of carbonyl (C=O) groups excluding carboxylic acids is 5. The lowest BCUT2D eigenvalue weighted by Gasteiger charge is -2.25. The lowest BCUT2D eigenvalue weighted by molar-refractivity contribution is -0.154. The Morgan fingerprint density at radius 2 is 1.29 bits per heavy atom. The molecule has 0 saturated carbocycles. The highest BCUT2D eigenvalue weighted by atomic mass is 16.6. The number of phenolic OH excluding ortho intramolecular Hbond substituents is 1. The quantitative estimate of drug-likeness (QED) is 0.0274. The lowest BCUT2D eigenvalue weighted by Crippen LogP contribution is -2.54. The molecule has 0 bridgehead atoms. The molecule has 4 amide bonds. The van der Waals surface area contributed by atoms with E-state index in [1.54, 1.807) is 26.8 Å². The van der Waals surface area contributed by atoms with Crippen LogP contribution in [0.2, 0.25) is 0 Å². The number of alkyl carbamates (subject to hydrolysis) is 2. The number of fused-ring (bicyclic) bond motifs is 3. The van der Waals surface area contributed by atoms with E-state index < -0.39 is 54.2 Å². The molecule has 70 heavy (non-hydrogen) atoms. The number of hydrogen-bond acceptors (Lipinski definition) is 9. The molecule has 4 aromatic rings. The van der Waals surface area contributed by atoms with Gasteiger partial charge in [-0.1, -0.05) is 157 Å². The summed E-state index contributed by atoms with van der Waals surface area (Å²) in [5.41, 5.74) is 6.74. The first kappa shape index (κ1) is 57.9. The Labute approximate surface area is 417 Å². The van der Waals surface area contributed by atoms with Gasteiger partial charge in [0.1, 0.15) is 42.7 Å². The van der Waals surface area contributed by atoms with Gasteiger partial charge in [0, 0.05) is 18.9 Å². The van der Waals surface area contributed by atoms with Gasteiger partial charge in [-0.25, -0.2) is 14.4 Å². The Kier molecular flexibility index (Phi) is 25.6. The fourth-order valence-corrected chi connectivity index (χ4v) is 7.98. The van der Waals surface area contributed by atoms with Crippen LogP contribution in [0.25, 0.3) is 11.1 Å². The van der Waals surface area contributed by atoms with Crippen LogP contribution in [0.5, 0.6) is 5.75 Å². The third-order valence-electron chi connectivity index (χ3n) is 11.5. The average molecular weight is 965 g/mol. The summed E-state index contributed by atoms with van der Waals surface area (Å²) in [5.74, 6) is -1.43. The maximum Gasteiger partial charge on any atom is 0.407 e. The normalized spacial score (nSPS) is 12.3. The highest BCUT2D eigenvalue weighted by Gasteiger charge is 2.31. The van der Waals surface area contributed by atoms with Crippen molar-refractivity contribution in [2.75, 3.05) is 19.7 Å². The molecule has 13 nitrogen and oxygen atoms in total. The number of hydrogen-bond donors (Lipinski definition) is 5. The first-order chi connectivity index (χ1) is 33.6. The Morgan fingerprint density at radius 3 is 1.86 bits per heavy atom. The largest absolute Gasteiger partial charge is 0.508 e. The Balaban J connectivity index is 0.000000948. The van der Waals surface area contributed by atoms with Crippen molar-refractivity contribution < 1.29 is 43.3 Å². The summed E-state index contributed by atoms with van der Waals surface area (Å²) < 4.78 is 16.9. The fourth-order valence-electron chi connectivity index (χ4n) is 7.98. The van der Waals surface area contributed by atoms with E-state index >= 15 is 0 Å². The van der Waals surface area contributed by atoms with Gasteiger partial charge in [0.25, 0.3) is 0 Å². The number of aromatic hydroxyl groups is 1. The number of aryl methyl sites for hydroxylation is 2. The zero-order valence-corrected chi connectivity index (χ0v) is 43.2. The van der Waals surface area contributed by atoms with Gasteiger partial charge in [-0.3, -0.25) is 9.59 Å². The molecule has 0 heterocycles. The van der Waals surface area contributed by atoms with Crippen molar-refractivity contribution in [3.63, 3.8) is 0 Å². The second kappa shape index (κ2) is 31.0. The van der Waals surface area contributed by atoms with Crippen LogP contribution in [0.1, 0.15) is 147 Å². The van der Waals surface area contributed by atoms with Gasteiger partial charge in [-0.15, -0.1) is 0 Å². The summed E-state index contributed by atoms with van der Waals surface area (Å²) in [5, 5.41) is 20.1. The smallest absolute Gasteiger partial charge is 0.407 e. The molecule has 0 aromatic heterocycles. The number of carbonyl (C=O) groups is 5. The second-order valence-corrected chi connectivity index (χ2v) is 18.3. The molecule has 0 fully saturated rings. The van der Waals surface area contributed by atoms with Gasteiger partial charge in [-0.2, -0.15) is 0 Å². The summed E-state index contributed by atoms with van der Waals surface area (Å²) in [6.07, 6.45) is 5.94. The number of rotatable bonds is 23. The molecule has 0 radical (unpaired) electrons. The number of ether oxygens (including phenoxy) is 3. The molecule has 13 heteroatoms. The van der Waals surface area contributed by atoms with Crippen molar-refractivity contribution in [1.82, 2.24) is 21.3 Å². The van der Waals surface area contributed by atoms with Crippen LogP contribution in [0.4, 0.5) is 9.59 Å². The number of unbranched alkanes of at least 4 members (excludes halogenated alkanes) is 3. The number of benzene rings is 4. The van der Waals surface area contributed by atoms with E-state index in [9.17, 15) is 29.1 Å². The van der Waals surface area contributed by atoms with E-state index in [0.29, 0.717) is 25.1 Å². The van der Waals surface area contributed by atoms with E-state index in [1.165, 1.54) is 5.56 Å². The first-order valence-corrected chi connectivity index (χ1v) is 25.3. The summed E-state index contributed by atoms with van der Waals surface area (Å²) >= 11 is 0. The topological polar surface area (TPSA) is 181 Å². The molecule has 1 aliphatic carbocycles. The number of esters is 1. The average Bonchev–Trinajstić information content (AvgIpc) is 3.67. The highest BCUT2D eigenvalue weighted by molar-refractivity contribution is 5.92. The van der Waals surface area contributed by atoms with Gasteiger partial charge >= 0.3 is 18.2 Å². The van der Waals surface area contributed by atoms with Gasteiger partial charge in [0.15, 0.2) is 0 Å². The molecule has 5 N–H and O–H groups in total. The van der Waals surface area contributed by atoms with Crippen molar-refractivity contribution >= 4 is 30.0 Å². The van der Waals surface area contributed by atoms with Crippen molar-refractivity contribution in [3.05, 3.63) is 125 Å². The van der Waals surface area contributed by atoms with Crippen molar-refractivity contribution in [1.29, 1.82) is 0 Å². The minimum atomic E-state index is -1.07. The summed E-state index contributed by atoms with van der Waals surface area (Å²) in [6, 6.07) is 28.9. The van der Waals surface area contributed by atoms with Crippen LogP contribution in [0.15, 0.2) is 97.1 Å². The summed E-state index contributed by atoms with van der Waals surface area (Å²) in [6.45, 7) is 17.6. The zero-order chi connectivity index (χ0) is 51.5. The van der Waals surface area contributed by atoms with E-state index in [0.717, 1.165) is 78.3 Å². The Morgan fingerprint density at radius 1 is 0.686 bits per heavy atom. The van der Waals surface area contributed by atoms with Gasteiger partial charge < -0.3 is 40.6 Å². The van der Waals surface area contributed by atoms with Crippen molar-refractivity contribution in [3.8, 4) is 16.9 Å². The van der Waals surface area contributed by atoms with E-state index in [-0.39, 0.29) is 31.5 Å². The number of nitrogens with one attached hydrogen (secondary N) is 4. The van der Waals surface area contributed by atoms with E-state index in [4.69, 9.17) is 14.2 Å². The second-order valence-electron chi connectivity index (χ2n) is 18.3. The molecule has 2 atom stereocenters. The number of amides is 4. The third-order valence-corrected chi connectivity index (χ3v) is 11.5. The Hall–Kier alpha value is -6.37. The standard InChI is InChI=1S/C46H62N4O8.C9H12O.C2H6/c1-6-8-21-33(22-9-7-2)57-43(53)39(27-17-18-28-47-45(55)58-46(3,4)5)50-42(52)40(29-32-19-11-10-12-20-32)49-41(51)30-48-44(54)56-31-38-36-25-15-13-23-34(36)35-24-14-16-26-37(35)38;1-3-8-6-7(2)4-5-9(8)10;1-2/h10-16,19-20,23-26,33,38-40H,6-9,17-18,21-22,27-31H2,1-5H3,(H,47,55)(H,48,54)(H,49,51)(H,50,52);4-6,10H,3H2,1-2H3;1-2H3. The number of phenols is 1. The van der Waals surface area contributed by atoms with E-state index in [1.807, 2.05) is 107 Å². The predicted octanol–water partition coefficient (Wildman–Crippen LogP) is 11.0. The highest BCUT2D eigenvalue weighted by Crippen LogP contribution is 2.44. The lowest BCUT2D eigenvalue weighted by atomic mass is 9.98. The maximum absolute atomic E-state index is 14.0. The molecule has 0 aliphatic heterocycles. The van der Waals surface area contributed by atoms with Crippen LogP contribution in [-0.2, 0) is 41.4 Å². The zero-order valence-electron chi connectivity index (χ0n) is 43.2. The van der Waals surface area contributed by atoms with Gasteiger partial charge in [-0.05, 0) is 106 Å². The third kappa shape index (κ3) is 20.3. The van der Waals surface area contributed by atoms with Crippen molar-refractivity contribution in [2.24, 2.45) is 0 Å². The minimum absolute atomic E-state index is 0.0901. The van der Waals surface area contributed by atoms with Gasteiger partial charge in [0.2, 0.25) is 11.8 Å². The molecule has 4 aromatic carbocycles. The van der Waals surface area contributed by atoms with Crippen LogP contribution in [0, 0.1) is 6.92 Å². The molecule has 382 valence electrons. The molecule has 2 unspecified atom stereocenters. The van der Waals surface area contributed by atoms with Crippen LogP contribution in [-0.4, -0.2) is 78.6 Å². The molecule has 0 spiro atoms. The summed E-state index contributed by atoms with van der Waals surface area (Å²) in [7, 11) is 0. The summed E-state index contributed by atoms with van der Waals surface area (Å²) in [4.78, 5) is 66.0. The first-order valence-electron chi connectivity index (χ1n) is 25.3. The van der Waals surface area contributed by atoms with Gasteiger partial charge in [0.05, 0.1) is 0 Å². The van der Waals surface area contributed by atoms with E-state index in [2.05, 4.69) is 47.2 Å². The predicted molar refractivity (Wildman–Crippen MR) is 278 cm³/mol. The fraction of sp³-hybridized carbons (Fsp3) is 0.491. The molecular weight excluding hydrogens is 885 g/mol. The van der Waals surface area contributed by atoms with Crippen LogP contribution < -0.4 is 21.3 Å². The molecule has 0 saturated heterocycles. The van der Waals surface area contributed by atoms with Crippen molar-refractivity contribution in [2.45, 2.75) is 163 Å².